The van der Waals surface area contributed by atoms with Gasteiger partial charge in [-0.1, -0.05) is 12.1 Å². The Bertz CT molecular complexity index is 710. The zero-order valence-electron chi connectivity index (χ0n) is 16.9. The Balaban J connectivity index is 1.87. The summed E-state index contributed by atoms with van der Waals surface area (Å²) in [5.41, 5.74) is 2.05. The number of phenols is 1. The van der Waals surface area contributed by atoms with E-state index >= 15 is 0 Å². The molecule has 1 saturated heterocycles. The van der Waals surface area contributed by atoms with Gasteiger partial charge in [0.1, 0.15) is 11.5 Å². The minimum absolute atomic E-state index is 0.178. The Morgan fingerprint density at radius 2 is 1.68 bits per heavy atom. The summed E-state index contributed by atoms with van der Waals surface area (Å²) >= 11 is 0. The first-order valence-corrected chi connectivity index (χ1v) is 10.3. The molecule has 152 valence electrons. The van der Waals surface area contributed by atoms with Crippen LogP contribution >= 0.6 is 0 Å². The van der Waals surface area contributed by atoms with Gasteiger partial charge in [0, 0.05) is 18.8 Å². The molecular weight excluding hydrogens is 352 g/mol. The predicted molar refractivity (Wildman–Crippen MR) is 113 cm³/mol. The van der Waals surface area contributed by atoms with E-state index in [0.717, 1.165) is 43.2 Å². The van der Waals surface area contributed by atoms with Gasteiger partial charge >= 0.3 is 0 Å². The van der Waals surface area contributed by atoms with Gasteiger partial charge in [0.25, 0.3) is 0 Å². The van der Waals surface area contributed by atoms with E-state index in [9.17, 15) is 10.2 Å². The lowest BCUT2D eigenvalue weighted by Gasteiger charge is -2.37. The number of aliphatic hydroxyl groups excluding tert-OH is 1. The molecule has 0 amide bonds. The Kier molecular flexibility index (Phi) is 7.18. The minimum Gasteiger partial charge on any atom is -0.508 e. The fourth-order valence-corrected chi connectivity index (χ4v) is 3.98. The van der Waals surface area contributed by atoms with Gasteiger partial charge in [-0.05, 0) is 81.7 Å². The van der Waals surface area contributed by atoms with Gasteiger partial charge in [-0.25, -0.2) is 0 Å². The van der Waals surface area contributed by atoms with E-state index in [1.165, 1.54) is 12.8 Å². The SMILES string of the molecule is CCOc1ccc(C(C(C)O)N(CCN2CCCC2)c2ccc(O)cc2)cc1. The van der Waals surface area contributed by atoms with Crippen LogP contribution in [0.15, 0.2) is 48.5 Å². The molecule has 0 bridgehead atoms. The fraction of sp³-hybridized carbons (Fsp3) is 0.478. The Labute approximate surface area is 168 Å². The van der Waals surface area contributed by atoms with Gasteiger partial charge in [0.05, 0.1) is 18.8 Å². The Hall–Kier alpha value is -2.24. The third-order valence-corrected chi connectivity index (χ3v) is 5.36. The van der Waals surface area contributed by atoms with Crippen LogP contribution in [0.3, 0.4) is 0 Å². The number of hydrogen-bond acceptors (Lipinski definition) is 5. The van der Waals surface area contributed by atoms with Crippen LogP contribution in [0.2, 0.25) is 0 Å². The summed E-state index contributed by atoms with van der Waals surface area (Å²) in [5.74, 6) is 1.08. The maximum atomic E-state index is 10.7. The number of anilines is 1. The molecule has 5 nitrogen and oxygen atoms in total. The van der Waals surface area contributed by atoms with Crippen LogP contribution < -0.4 is 9.64 Å². The summed E-state index contributed by atoms with van der Waals surface area (Å²) in [7, 11) is 0. The molecule has 5 heteroatoms. The zero-order valence-corrected chi connectivity index (χ0v) is 16.9. The van der Waals surface area contributed by atoms with Gasteiger partial charge in [0.15, 0.2) is 0 Å². The number of nitrogens with zero attached hydrogens (tertiary/aromatic N) is 2. The monoisotopic (exact) mass is 384 g/mol. The smallest absolute Gasteiger partial charge is 0.119 e. The molecule has 2 atom stereocenters. The molecule has 0 aromatic heterocycles. The van der Waals surface area contributed by atoms with E-state index in [0.29, 0.717) is 6.61 Å². The number of ether oxygens (including phenoxy) is 1. The molecule has 2 N–H and O–H groups in total. The second-order valence-corrected chi connectivity index (χ2v) is 7.45. The van der Waals surface area contributed by atoms with Crippen LogP contribution in [-0.2, 0) is 0 Å². The van der Waals surface area contributed by atoms with Crippen molar-refractivity contribution in [1.29, 1.82) is 0 Å². The van der Waals surface area contributed by atoms with Crippen LogP contribution in [0.4, 0.5) is 5.69 Å². The minimum atomic E-state index is -0.551. The number of hydrogen-bond donors (Lipinski definition) is 2. The van der Waals surface area contributed by atoms with E-state index < -0.39 is 6.10 Å². The molecule has 0 spiro atoms. The lowest BCUT2D eigenvalue weighted by Crippen LogP contribution is -2.40. The molecule has 0 radical (unpaired) electrons. The van der Waals surface area contributed by atoms with Gasteiger partial charge < -0.3 is 24.7 Å². The van der Waals surface area contributed by atoms with Crippen LogP contribution in [-0.4, -0.2) is 54.0 Å². The maximum absolute atomic E-state index is 10.7. The first kappa shape index (κ1) is 20.5. The van der Waals surface area contributed by atoms with Crippen molar-refractivity contribution < 1.29 is 14.9 Å². The van der Waals surface area contributed by atoms with Crippen LogP contribution in [0, 0.1) is 0 Å². The summed E-state index contributed by atoms with van der Waals surface area (Å²) in [5, 5.41) is 20.4. The van der Waals surface area contributed by atoms with E-state index in [1.807, 2.05) is 50.2 Å². The number of aromatic hydroxyl groups is 1. The quantitative estimate of drug-likeness (QED) is 0.688. The molecule has 1 heterocycles. The predicted octanol–water partition coefficient (Wildman–Crippen LogP) is 3.82. The van der Waals surface area contributed by atoms with Crippen molar-refractivity contribution in [1.82, 2.24) is 4.90 Å². The number of phenolic OH excluding ortho intramolecular Hbond substituents is 1. The Morgan fingerprint density at radius 1 is 1.04 bits per heavy atom. The first-order chi connectivity index (χ1) is 13.6. The summed E-state index contributed by atoms with van der Waals surface area (Å²) in [6.45, 7) is 8.50. The van der Waals surface area contributed by atoms with Gasteiger partial charge in [-0.3, -0.25) is 0 Å². The highest BCUT2D eigenvalue weighted by molar-refractivity contribution is 5.51. The normalized spacial score (nSPS) is 16.7. The molecule has 0 aliphatic carbocycles. The lowest BCUT2D eigenvalue weighted by atomic mass is 9.99. The molecule has 2 aromatic rings. The maximum Gasteiger partial charge on any atom is 0.119 e. The number of aliphatic hydroxyl groups is 1. The second kappa shape index (κ2) is 9.80. The van der Waals surface area contributed by atoms with Gasteiger partial charge in [0.2, 0.25) is 0 Å². The van der Waals surface area contributed by atoms with Crippen molar-refractivity contribution in [2.75, 3.05) is 37.7 Å². The summed E-state index contributed by atoms with van der Waals surface area (Å²) in [6.07, 6.45) is 1.97. The van der Waals surface area contributed by atoms with Crippen molar-refractivity contribution in [2.45, 2.75) is 38.8 Å². The van der Waals surface area contributed by atoms with Crippen molar-refractivity contribution in [3.63, 3.8) is 0 Å². The van der Waals surface area contributed by atoms with Crippen molar-refractivity contribution >= 4 is 5.69 Å². The number of rotatable bonds is 9. The van der Waals surface area contributed by atoms with Crippen molar-refractivity contribution in [3.8, 4) is 11.5 Å². The van der Waals surface area contributed by atoms with Gasteiger partial charge in [-0.2, -0.15) is 0 Å². The molecule has 28 heavy (non-hydrogen) atoms. The zero-order chi connectivity index (χ0) is 19.9. The third kappa shape index (κ3) is 5.18. The molecule has 1 aliphatic rings. The highest BCUT2D eigenvalue weighted by Crippen LogP contribution is 2.32. The first-order valence-electron chi connectivity index (χ1n) is 10.3. The van der Waals surface area contributed by atoms with Gasteiger partial charge in [-0.15, -0.1) is 0 Å². The van der Waals surface area contributed by atoms with E-state index in [4.69, 9.17) is 4.74 Å². The van der Waals surface area contributed by atoms with Crippen molar-refractivity contribution in [2.24, 2.45) is 0 Å². The highest BCUT2D eigenvalue weighted by Gasteiger charge is 2.26. The van der Waals surface area contributed by atoms with Crippen LogP contribution in [0.5, 0.6) is 11.5 Å². The average Bonchev–Trinajstić information content (AvgIpc) is 3.20. The largest absolute Gasteiger partial charge is 0.508 e. The van der Waals surface area contributed by atoms with Crippen LogP contribution in [0.25, 0.3) is 0 Å². The summed E-state index contributed by atoms with van der Waals surface area (Å²) in [4.78, 5) is 4.73. The lowest BCUT2D eigenvalue weighted by molar-refractivity contribution is 0.157. The van der Waals surface area contributed by atoms with E-state index in [1.54, 1.807) is 12.1 Å². The standard InChI is InChI=1S/C23H32N2O3/c1-3-28-22-12-6-19(7-13-22)23(18(2)26)25(17-16-24-14-4-5-15-24)20-8-10-21(27)11-9-20/h6-13,18,23,26-27H,3-5,14-17H2,1-2H3. The molecule has 1 aliphatic heterocycles. The van der Waals surface area contributed by atoms with Crippen molar-refractivity contribution in [3.05, 3.63) is 54.1 Å². The Morgan fingerprint density at radius 3 is 2.25 bits per heavy atom. The second-order valence-electron chi connectivity index (χ2n) is 7.45. The topological polar surface area (TPSA) is 56.2 Å². The number of benzene rings is 2. The average molecular weight is 385 g/mol. The fourth-order valence-electron chi connectivity index (χ4n) is 3.98. The molecule has 2 unspecified atom stereocenters. The molecular formula is C23H32N2O3. The molecule has 1 fully saturated rings. The van der Waals surface area contributed by atoms with E-state index in [-0.39, 0.29) is 11.8 Å². The van der Waals surface area contributed by atoms with E-state index in [2.05, 4.69) is 9.80 Å². The summed E-state index contributed by atoms with van der Waals surface area (Å²) in [6, 6.07) is 15.1. The number of likely N-dealkylation sites (tertiary alicyclic amines) is 1. The molecule has 2 aromatic carbocycles. The molecule has 0 saturated carbocycles. The third-order valence-electron chi connectivity index (χ3n) is 5.36. The van der Waals surface area contributed by atoms with Crippen LogP contribution in [0.1, 0.15) is 38.3 Å². The highest BCUT2D eigenvalue weighted by atomic mass is 16.5. The molecule has 3 rings (SSSR count). The summed E-state index contributed by atoms with van der Waals surface area (Å²) < 4.78 is 5.56.